The molecule has 1 aromatic carbocycles. The molecule has 0 bridgehead atoms. The number of Topliss-reactive ketones (excluding diaryl/α,β-unsaturated/α-hetero) is 1. The van der Waals surface area contributed by atoms with Gasteiger partial charge in [0.25, 0.3) is 0 Å². The molecule has 0 atom stereocenters. The SMILES string of the molecule is CC(C)c1ccc(CC(=O)c2ccncc2F)cc1. The molecule has 0 aliphatic carbocycles. The fourth-order valence-electron chi connectivity index (χ4n) is 1.90. The zero-order chi connectivity index (χ0) is 13.8. The molecule has 0 saturated heterocycles. The number of hydrogen-bond donors (Lipinski definition) is 0. The summed E-state index contributed by atoms with van der Waals surface area (Å²) in [5.41, 5.74) is 2.22. The summed E-state index contributed by atoms with van der Waals surface area (Å²) in [7, 11) is 0. The number of rotatable bonds is 4. The molecule has 0 radical (unpaired) electrons. The van der Waals surface area contributed by atoms with Crippen LogP contribution in [0, 0.1) is 5.82 Å². The van der Waals surface area contributed by atoms with Crippen molar-refractivity contribution in [1.82, 2.24) is 4.98 Å². The Hall–Kier alpha value is -2.03. The number of hydrogen-bond acceptors (Lipinski definition) is 2. The highest BCUT2D eigenvalue weighted by atomic mass is 19.1. The molecule has 1 heterocycles. The molecule has 0 aliphatic rings. The van der Waals surface area contributed by atoms with E-state index in [4.69, 9.17) is 0 Å². The van der Waals surface area contributed by atoms with Crippen LogP contribution in [-0.2, 0) is 6.42 Å². The summed E-state index contributed by atoms with van der Waals surface area (Å²) < 4.78 is 13.4. The summed E-state index contributed by atoms with van der Waals surface area (Å²) in [6, 6.07) is 9.28. The summed E-state index contributed by atoms with van der Waals surface area (Å²) >= 11 is 0. The van der Waals surface area contributed by atoms with Crippen molar-refractivity contribution in [3.05, 3.63) is 65.2 Å². The van der Waals surface area contributed by atoms with Crippen LogP contribution in [0.5, 0.6) is 0 Å². The van der Waals surface area contributed by atoms with Gasteiger partial charge in [0.2, 0.25) is 0 Å². The number of carbonyl (C=O) groups excluding carboxylic acids is 1. The average Bonchev–Trinajstić information content (AvgIpc) is 2.39. The van der Waals surface area contributed by atoms with Gasteiger partial charge in [0.1, 0.15) is 0 Å². The Balaban J connectivity index is 2.13. The van der Waals surface area contributed by atoms with Crippen LogP contribution in [0.2, 0.25) is 0 Å². The lowest BCUT2D eigenvalue weighted by Gasteiger charge is -2.07. The molecule has 19 heavy (non-hydrogen) atoms. The molecule has 0 aliphatic heterocycles. The quantitative estimate of drug-likeness (QED) is 0.780. The van der Waals surface area contributed by atoms with Crippen molar-refractivity contribution in [1.29, 1.82) is 0 Å². The van der Waals surface area contributed by atoms with E-state index in [1.165, 1.54) is 17.8 Å². The second-order valence-electron chi connectivity index (χ2n) is 4.85. The highest BCUT2D eigenvalue weighted by Gasteiger charge is 2.12. The molecule has 2 nitrogen and oxygen atoms in total. The van der Waals surface area contributed by atoms with Gasteiger partial charge in [-0.2, -0.15) is 0 Å². The maximum absolute atomic E-state index is 13.4. The molecule has 2 aromatic rings. The monoisotopic (exact) mass is 257 g/mol. The zero-order valence-electron chi connectivity index (χ0n) is 11.1. The number of aromatic nitrogens is 1. The molecular formula is C16H16FNO. The van der Waals surface area contributed by atoms with E-state index in [1.54, 1.807) is 0 Å². The first-order valence-corrected chi connectivity index (χ1v) is 6.29. The van der Waals surface area contributed by atoms with E-state index in [1.807, 2.05) is 24.3 Å². The third kappa shape index (κ3) is 3.25. The largest absolute Gasteiger partial charge is 0.294 e. The molecule has 3 heteroatoms. The van der Waals surface area contributed by atoms with Gasteiger partial charge >= 0.3 is 0 Å². The lowest BCUT2D eigenvalue weighted by atomic mass is 9.98. The van der Waals surface area contributed by atoms with Crippen LogP contribution in [0.4, 0.5) is 4.39 Å². The fraction of sp³-hybridized carbons (Fsp3) is 0.250. The van der Waals surface area contributed by atoms with Gasteiger partial charge in [0, 0.05) is 12.6 Å². The van der Waals surface area contributed by atoms with Gasteiger partial charge in [-0.25, -0.2) is 4.39 Å². The van der Waals surface area contributed by atoms with Crippen molar-refractivity contribution in [2.75, 3.05) is 0 Å². The van der Waals surface area contributed by atoms with Crippen LogP contribution in [0.25, 0.3) is 0 Å². The van der Waals surface area contributed by atoms with Crippen molar-refractivity contribution in [2.24, 2.45) is 0 Å². The zero-order valence-corrected chi connectivity index (χ0v) is 11.1. The van der Waals surface area contributed by atoms with E-state index >= 15 is 0 Å². The smallest absolute Gasteiger partial charge is 0.170 e. The highest BCUT2D eigenvalue weighted by Crippen LogP contribution is 2.16. The number of pyridine rings is 1. The van der Waals surface area contributed by atoms with Crippen molar-refractivity contribution in [3.63, 3.8) is 0 Å². The standard InChI is InChI=1S/C16H16FNO/c1-11(2)13-5-3-12(4-6-13)9-16(19)14-7-8-18-10-15(14)17/h3-8,10-11H,9H2,1-2H3. The minimum Gasteiger partial charge on any atom is -0.294 e. The lowest BCUT2D eigenvalue weighted by Crippen LogP contribution is -2.06. The van der Waals surface area contributed by atoms with E-state index < -0.39 is 5.82 Å². The second kappa shape index (κ2) is 5.74. The van der Waals surface area contributed by atoms with Crippen LogP contribution >= 0.6 is 0 Å². The van der Waals surface area contributed by atoms with Crippen molar-refractivity contribution >= 4 is 5.78 Å². The number of nitrogens with zero attached hydrogens (tertiary/aromatic N) is 1. The number of ketones is 1. The van der Waals surface area contributed by atoms with E-state index in [9.17, 15) is 9.18 Å². The summed E-state index contributed by atoms with van der Waals surface area (Å²) in [5.74, 6) is -0.328. The Morgan fingerprint density at radius 2 is 1.89 bits per heavy atom. The Morgan fingerprint density at radius 3 is 2.47 bits per heavy atom. The maximum Gasteiger partial charge on any atom is 0.170 e. The van der Waals surface area contributed by atoms with E-state index in [0.717, 1.165) is 11.8 Å². The molecule has 0 spiro atoms. The average molecular weight is 257 g/mol. The Morgan fingerprint density at radius 1 is 1.21 bits per heavy atom. The van der Waals surface area contributed by atoms with Gasteiger partial charge in [-0.05, 0) is 23.1 Å². The number of carbonyl (C=O) groups is 1. The second-order valence-corrected chi connectivity index (χ2v) is 4.85. The minimum atomic E-state index is -0.564. The first-order valence-electron chi connectivity index (χ1n) is 6.29. The van der Waals surface area contributed by atoms with Crippen molar-refractivity contribution < 1.29 is 9.18 Å². The summed E-state index contributed by atoms with van der Waals surface area (Å²) in [6.45, 7) is 4.24. The highest BCUT2D eigenvalue weighted by molar-refractivity contribution is 5.97. The molecule has 2 rings (SSSR count). The predicted molar refractivity (Wildman–Crippen MR) is 72.8 cm³/mol. The maximum atomic E-state index is 13.4. The topological polar surface area (TPSA) is 30.0 Å². The van der Waals surface area contributed by atoms with E-state index in [0.29, 0.717) is 5.92 Å². The molecule has 1 aromatic heterocycles. The molecule has 0 saturated carbocycles. The lowest BCUT2D eigenvalue weighted by molar-refractivity contribution is 0.0989. The molecule has 0 fully saturated rings. The first kappa shape index (κ1) is 13.4. The van der Waals surface area contributed by atoms with Crippen molar-refractivity contribution in [2.45, 2.75) is 26.2 Å². The summed E-state index contributed by atoms with van der Waals surface area (Å²) in [4.78, 5) is 15.6. The van der Waals surface area contributed by atoms with Crippen LogP contribution in [0.3, 0.4) is 0 Å². The van der Waals surface area contributed by atoms with Gasteiger partial charge in [0.15, 0.2) is 11.6 Å². The van der Waals surface area contributed by atoms with Crippen LogP contribution in [-0.4, -0.2) is 10.8 Å². The molecule has 0 N–H and O–H groups in total. The summed E-state index contributed by atoms with van der Waals surface area (Å²) in [5, 5.41) is 0. The molecule has 0 amide bonds. The van der Waals surface area contributed by atoms with Crippen molar-refractivity contribution in [3.8, 4) is 0 Å². The fourth-order valence-corrected chi connectivity index (χ4v) is 1.90. The number of benzene rings is 1. The van der Waals surface area contributed by atoms with Gasteiger partial charge in [-0.15, -0.1) is 0 Å². The van der Waals surface area contributed by atoms with Gasteiger partial charge in [0.05, 0.1) is 11.8 Å². The van der Waals surface area contributed by atoms with Gasteiger partial charge in [-0.1, -0.05) is 38.1 Å². The Kier molecular flexibility index (Phi) is 4.05. The molecule has 0 unspecified atom stereocenters. The van der Waals surface area contributed by atoms with Gasteiger partial charge < -0.3 is 0 Å². The third-order valence-electron chi connectivity index (χ3n) is 3.08. The van der Waals surface area contributed by atoms with Gasteiger partial charge in [-0.3, -0.25) is 9.78 Å². The Bertz CT molecular complexity index is 576. The third-order valence-corrected chi connectivity index (χ3v) is 3.08. The Labute approximate surface area is 112 Å². The normalized spacial score (nSPS) is 10.7. The minimum absolute atomic E-state index is 0.0999. The molecular weight excluding hydrogens is 241 g/mol. The predicted octanol–water partition coefficient (Wildman–Crippen LogP) is 3.77. The first-order chi connectivity index (χ1) is 9.08. The summed E-state index contributed by atoms with van der Waals surface area (Å²) in [6.07, 6.45) is 2.70. The van der Waals surface area contributed by atoms with Crippen LogP contribution in [0.1, 0.15) is 41.3 Å². The molecule has 98 valence electrons. The van der Waals surface area contributed by atoms with E-state index in [2.05, 4.69) is 18.8 Å². The van der Waals surface area contributed by atoms with E-state index in [-0.39, 0.29) is 17.8 Å². The van der Waals surface area contributed by atoms with Crippen LogP contribution < -0.4 is 0 Å². The number of halogens is 1. The van der Waals surface area contributed by atoms with Crippen LogP contribution in [0.15, 0.2) is 42.7 Å².